The van der Waals surface area contributed by atoms with Gasteiger partial charge in [0.15, 0.2) is 11.6 Å². The number of hydrogen-bond donors (Lipinski definition) is 1. The first kappa shape index (κ1) is 13.2. The number of halogens is 3. The van der Waals surface area contributed by atoms with Crippen LogP contribution in [-0.2, 0) is 19.0 Å². The number of aromatic carboxylic acids is 1. The molecule has 0 amide bonds. The number of aryl methyl sites for hydroxylation is 2. The monoisotopic (exact) mass is 275 g/mol. The number of carboxylic acid groups (broad SMARTS) is 1. The number of oxazole rings is 1. The maximum atomic E-state index is 12.5. The maximum absolute atomic E-state index is 12.5. The van der Waals surface area contributed by atoms with Crippen molar-refractivity contribution >= 4 is 5.97 Å². The Balaban J connectivity index is 2.20. The Kier molecular flexibility index (Phi) is 3.32. The lowest BCUT2D eigenvalue weighted by Gasteiger charge is -2.00. The molecule has 0 bridgehead atoms. The molecule has 2 aromatic rings. The molecule has 0 aromatic carbocycles. The fourth-order valence-corrected chi connectivity index (χ4v) is 1.49. The number of carboxylic acids is 1. The van der Waals surface area contributed by atoms with Gasteiger partial charge in [0.25, 0.3) is 0 Å². The Morgan fingerprint density at radius 1 is 1.37 bits per heavy atom. The van der Waals surface area contributed by atoms with Crippen LogP contribution in [0.5, 0.6) is 0 Å². The van der Waals surface area contributed by atoms with Crippen molar-refractivity contribution < 1.29 is 31.9 Å². The van der Waals surface area contributed by atoms with Gasteiger partial charge in [-0.2, -0.15) is 13.2 Å². The van der Waals surface area contributed by atoms with E-state index in [-0.39, 0.29) is 18.7 Å². The lowest BCUT2D eigenvalue weighted by Crippen LogP contribution is -2.11. The summed E-state index contributed by atoms with van der Waals surface area (Å²) in [5.74, 6) is -2.74. The predicted molar refractivity (Wildman–Crippen MR) is 54.6 cm³/mol. The summed E-state index contributed by atoms with van der Waals surface area (Å²) in [6.07, 6.45) is -3.15. The van der Waals surface area contributed by atoms with Gasteiger partial charge in [-0.05, 0) is 12.1 Å². The van der Waals surface area contributed by atoms with Crippen LogP contribution in [0.2, 0.25) is 0 Å². The van der Waals surface area contributed by atoms with Crippen LogP contribution >= 0.6 is 0 Å². The Morgan fingerprint density at radius 2 is 2.11 bits per heavy atom. The highest BCUT2D eigenvalue weighted by atomic mass is 19.4. The molecule has 0 saturated heterocycles. The lowest BCUT2D eigenvalue weighted by atomic mass is 10.2. The summed E-state index contributed by atoms with van der Waals surface area (Å²) >= 11 is 0. The number of nitrogens with zero attached hydrogens (tertiary/aromatic N) is 1. The topological polar surface area (TPSA) is 76.5 Å². The first-order valence-electron chi connectivity index (χ1n) is 5.20. The average molecular weight is 275 g/mol. The highest BCUT2D eigenvalue weighted by molar-refractivity contribution is 5.85. The summed E-state index contributed by atoms with van der Waals surface area (Å²) in [5, 5.41) is 8.64. The Hall–Kier alpha value is -2.25. The molecule has 5 nitrogen and oxygen atoms in total. The average Bonchev–Trinajstić information content (AvgIpc) is 2.94. The van der Waals surface area contributed by atoms with E-state index in [2.05, 4.69) is 9.40 Å². The van der Waals surface area contributed by atoms with Crippen molar-refractivity contribution in [2.24, 2.45) is 0 Å². The van der Waals surface area contributed by atoms with E-state index in [4.69, 9.17) is 9.52 Å². The van der Waals surface area contributed by atoms with Crippen molar-refractivity contribution in [1.29, 1.82) is 0 Å². The van der Waals surface area contributed by atoms with Crippen LogP contribution in [0.4, 0.5) is 13.2 Å². The van der Waals surface area contributed by atoms with Gasteiger partial charge in [0.1, 0.15) is 5.76 Å². The van der Waals surface area contributed by atoms with Crippen molar-refractivity contribution in [2.75, 3.05) is 0 Å². The molecule has 2 rings (SSSR count). The van der Waals surface area contributed by atoms with E-state index in [0.29, 0.717) is 5.76 Å². The standard InChI is InChI=1S/C11H8F3NO4/c12-11(13,14)9-8(10(16)17)19-7(15-9)4-3-6-2-1-5-18-6/h1-2,5H,3-4H2,(H,16,17). The minimum absolute atomic E-state index is 0.0177. The van der Waals surface area contributed by atoms with Gasteiger partial charge in [-0.3, -0.25) is 0 Å². The maximum Gasteiger partial charge on any atom is 0.437 e. The molecule has 0 unspecified atom stereocenters. The summed E-state index contributed by atoms with van der Waals surface area (Å²) in [6.45, 7) is 0. The number of aromatic nitrogens is 1. The van der Waals surface area contributed by atoms with Crippen LogP contribution in [0, 0.1) is 0 Å². The van der Waals surface area contributed by atoms with Crippen molar-refractivity contribution in [3.8, 4) is 0 Å². The van der Waals surface area contributed by atoms with E-state index in [9.17, 15) is 18.0 Å². The van der Waals surface area contributed by atoms with Crippen molar-refractivity contribution in [2.45, 2.75) is 19.0 Å². The van der Waals surface area contributed by atoms with Crippen LogP contribution in [0.3, 0.4) is 0 Å². The van der Waals surface area contributed by atoms with E-state index in [1.54, 1.807) is 12.1 Å². The van der Waals surface area contributed by atoms with Gasteiger partial charge in [0.2, 0.25) is 5.76 Å². The van der Waals surface area contributed by atoms with Crippen molar-refractivity contribution in [3.63, 3.8) is 0 Å². The van der Waals surface area contributed by atoms with E-state index in [1.807, 2.05) is 0 Å². The van der Waals surface area contributed by atoms with E-state index >= 15 is 0 Å². The molecule has 0 atom stereocenters. The molecular weight excluding hydrogens is 267 g/mol. The summed E-state index contributed by atoms with van der Waals surface area (Å²) in [4.78, 5) is 13.9. The normalized spacial score (nSPS) is 11.7. The second kappa shape index (κ2) is 4.79. The lowest BCUT2D eigenvalue weighted by molar-refractivity contribution is -0.141. The summed E-state index contributed by atoms with van der Waals surface area (Å²) in [7, 11) is 0. The molecule has 0 radical (unpaired) electrons. The van der Waals surface area contributed by atoms with Gasteiger partial charge in [-0.25, -0.2) is 9.78 Å². The summed E-state index contributed by atoms with van der Waals surface area (Å²) < 4.78 is 47.2. The second-order valence-electron chi connectivity index (χ2n) is 3.67. The molecule has 0 spiro atoms. The van der Waals surface area contributed by atoms with Crippen LogP contribution in [-0.4, -0.2) is 16.1 Å². The quantitative estimate of drug-likeness (QED) is 0.928. The molecule has 2 heterocycles. The van der Waals surface area contributed by atoms with Gasteiger partial charge in [-0.1, -0.05) is 0 Å². The van der Waals surface area contributed by atoms with Crippen LogP contribution in [0.1, 0.15) is 27.9 Å². The Morgan fingerprint density at radius 3 is 2.58 bits per heavy atom. The molecular formula is C11H8F3NO4. The summed E-state index contributed by atoms with van der Waals surface area (Å²) in [6, 6.07) is 3.28. The van der Waals surface area contributed by atoms with Gasteiger partial charge in [0, 0.05) is 12.8 Å². The number of rotatable bonds is 4. The fourth-order valence-electron chi connectivity index (χ4n) is 1.49. The van der Waals surface area contributed by atoms with Gasteiger partial charge in [0.05, 0.1) is 6.26 Å². The minimum atomic E-state index is -4.86. The summed E-state index contributed by atoms with van der Waals surface area (Å²) in [5.41, 5.74) is -1.52. The van der Waals surface area contributed by atoms with E-state index < -0.39 is 23.6 Å². The Bertz CT molecular complexity index is 571. The second-order valence-corrected chi connectivity index (χ2v) is 3.67. The molecule has 0 saturated carbocycles. The van der Waals surface area contributed by atoms with Gasteiger partial charge < -0.3 is 13.9 Å². The fraction of sp³-hybridized carbons (Fsp3) is 0.273. The molecule has 2 aromatic heterocycles. The first-order valence-corrected chi connectivity index (χ1v) is 5.20. The number of alkyl halides is 3. The van der Waals surface area contributed by atoms with Crippen molar-refractivity contribution in [1.82, 2.24) is 4.98 Å². The molecule has 102 valence electrons. The third-order valence-electron chi connectivity index (χ3n) is 2.30. The third-order valence-corrected chi connectivity index (χ3v) is 2.30. The SMILES string of the molecule is O=C(O)c1oc(CCc2ccco2)nc1C(F)(F)F. The minimum Gasteiger partial charge on any atom is -0.475 e. The van der Waals surface area contributed by atoms with Gasteiger partial charge in [-0.15, -0.1) is 0 Å². The smallest absolute Gasteiger partial charge is 0.437 e. The van der Waals surface area contributed by atoms with Crippen molar-refractivity contribution in [3.05, 3.63) is 41.5 Å². The van der Waals surface area contributed by atoms with Gasteiger partial charge >= 0.3 is 12.1 Å². The zero-order valence-electron chi connectivity index (χ0n) is 9.40. The molecule has 0 aliphatic heterocycles. The predicted octanol–water partition coefficient (Wildman–Crippen LogP) is 2.77. The van der Waals surface area contributed by atoms with Crippen LogP contribution in [0.15, 0.2) is 27.2 Å². The molecule has 0 fully saturated rings. The highest BCUT2D eigenvalue weighted by Gasteiger charge is 2.41. The third kappa shape index (κ3) is 2.95. The zero-order valence-corrected chi connectivity index (χ0v) is 9.40. The number of hydrogen-bond acceptors (Lipinski definition) is 4. The molecule has 1 N–H and O–H groups in total. The van der Waals surface area contributed by atoms with E-state index in [0.717, 1.165) is 0 Å². The largest absolute Gasteiger partial charge is 0.475 e. The molecule has 0 aliphatic carbocycles. The van der Waals surface area contributed by atoms with E-state index in [1.165, 1.54) is 6.26 Å². The first-order chi connectivity index (χ1) is 8.88. The molecule has 19 heavy (non-hydrogen) atoms. The number of carbonyl (C=O) groups is 1. The molecule has 0 aliphatic rings. The van der Waals surface area contributed by atoms with Crippen LogP contribution in [0.25, 0.3) is 0 Å². The Labute approximate surface area is 104 Å². The number of furan rings is 1. The zero-order chi connectivity index (χ0) is 14.0. The molecule has 8 heteroatoms. The highest BCUT2D eigenvalue weighted by Crippen LogP contribution is 2.32. The van der Waals surface area contributed by atoms with Crippen LogP contribution < -0.4 is 0 Å².